The average molecular weight is 747 g/mol. The molecule has 4 saturated carbocycles. The van der Waals surface area contributed by atoms with Gasteiger partial charge in [0.1, 0.15) is 11.6 Å². The predicted octanol–water partition coefficient (Wildman–Crippen LogP) is 8.80. The molecular weight excluding hydrogens is 696 g/mol. The van der Waals surface area contributed by atoms with Crippen LogP contribution < -0.4 is 10.6 Å². The Morgan fingerprint density at radius 2 is 1.00 bits per heavy atom. The number of nitrogens with zero attached hydrogens (tertiary/aromatic N) is 2. The van der Waals surface area contributed by atoms with Gasteiger partial charge < -0.3 is 20.6 Å². The van der Waals surface area contributed by atoms with Gasteiger partial charge in [-0.05, 0) is 73.9 Å². The van der Waals surface area contributed by atoms with E-state index in [2.05, 4.69) is 69.1 Å². The highest BCUT2D eigenvalue weighted by atomic mass is 19.3. The van der Waals surface area contributed by atoms with Gasteiger partial charge in [-0.3, -0.25) is 9.59 Å². The molecule has 0 unspecified atom stereocenters. The zero-order valence-electron chi connectivity index (χ0n) is 31.1. The number of halogens is 4. The minimum atomic E-state index is -2.67. The number of carbonyl (C=O) groups excluding carboxylic acids is 2. The Morgan fingerprint density at radius 1 is 0.667 bits per heavy atom. The van der Waals surface area contributed by atoms with Crippen LogP contribution in [0.4, 0.5) is 17.6 Å². The molecule has 0 aliphatic heterocycles. The largest absolute Gasteiger partial charge is 0.349 e. The summed E-state index contributed by atoms with van der Waals surface area (Å²) in [7, 11) is 0. The zero-order valence-corrected chi connectivity index (χ0v) is 31.1. The van der Waals surface area contributed by atoms with Crippen molar-refractivity contribution in [1.29, 1.82) is 0 Å². The van der Waals surface area contributed by atoms with Crippen LogP contribution in [0.3, 0.4) is 0 Å². The Labute approximate surface area is 314 Å². The Balaban J connectivity index is 0.000000491. The Hall–Kier alpha value is -4.84. The van der Waals surface area contributed by atoms with Gasteiger partial charge in [0.15, 0.2) is 0 Å². The number of hydrogen-bond acceptors (Lipinski definition) is 4. The SMILES string of the molecule is C#C.CC1CC1.CC1CC1.O=C(NCc1nc2ccc(C#Cc3ccc4nc(CNC(=O)C5CCC(F)(F)CC5)[nH]c4c3)cc2[nH]1)C1CCC(F)(F)CC1. The first-order valence-electron chi connectivity index (χ1n) is 18.9. The molecule has 12 heteroatoms. The minimum absolute atomic E-state index is 0.177. The first-order valence-corrected chi connectivity index (χ1v) is 18.9. The number of fused-ring (bicyclic) bond motifs is 2. The molecule has 0 radical (unpaired) electrons. The molecular formula is C42H50F4N6O2. The van der Waals surface area contributed by atoms with Crippen molar-refractivity contribution in [1.82, 2.24) is 30.6 Å². The van der Waals surface area contributed by atoms with E-state index in [1.807, 2.05) is 36.4 Å². The normalized spacial score (nSPS) is 19.0. The summed E-state index contributed by atoms with van der Waals surface area (Å²) in [6.07, 6.45) is 13.6. The lowest BCUT2D eigenvalue weighted by Gasteiger charge is -2.27. The third-order valence-electron chi connectivity index (χ3n) is 10.2. The standard InChI is InChI=1S/C32H32F4N6O2.2C4H8.C2H2/c33-31(34)11-7-21(8-12-31)29(43)37-17-27-39-23-5-3-19(15-25(23)41-27)1-2-20-4-6-24-26(16-20)42-28(40-24)18-38-30(44)22-9-13-32(35,36)14-10-22;2*1-4-2-3-4;1-2/h3-6,15-16,21-22H,7-14,17-18H2,(H,37,43)(H,38,44)(H,39,41)(H,40,42);2*4H,2-3H2,1H3;1-2H. The van der Waals surface area contributed by atoms with E-state index >= 15 is 0 Å². The fourth-order valence-electron chi connectivity index (χ4n) is 6.16. The Kier molecular flexibility index (Phi) is 13.4. The molecule has 8 nitrogen and oxygen atoms in total. The van der Waals surface area contributed by atoms with Gasteiger partial charge in [-0.2, -0.15) is 0 Å². The molecule has 4 aromatic rings. The Morgan fingerprint density at radius 3 is 1.31 bits per heavy atom. The molecule has 0 saturated heterocycles. The summed E-state index contributed by atoms with van der Waals surface area (Å²) in [5.41, 5.74) is 4.47. The van der Waals surface area contributed by atoms with Crippen LogP contribution in [-0.4, -0.2) is 43.6 Å². The van der Waals surface area contributed by atoms with Gasteiger partial charge in [0.2, 0.25) is 23.7 Å². The summed E-state index contributed by atoms with van der Waals surface area (Å²) < 4.78 is 53.5. The van der Waals surface area contributed by atoms with Gasteiger partial charge in [0.25, 0.3) is 0 Å². The number of imidazole rings is 2. The smallest absolute Gasteiger partial charge is 0.248 e. The van der Waals surface area contributed by atoms with Crippen molar-refractivity contribution >= 4 is 33.9 Å². The molecule has 4 aliphatic carbocycles. The van der Waals surface area contributed by atoms with Crippen molar-refractivity contribution in [2.75, 3.05) is 0 Å². The topological polar surface area (TPSA) is 116 Å². The van der Waals surface area contributed by atoms with Crippen LogP contribution in [0.5, 0.6) is 0 Å². The summed E-state index contributed by atoms with van der Waals surface area (Å²) in [5.74, 6) is 2.98. The number of aromatic nitrogens is 4. The van der Waals surface area contributed by atoms with E-state index in [9.17, 15) is 27.2 Å². The van der Waals surface area contributed by atoms with E-state index in [0.29, 0.717) is 11.6 Å². The lowest BCUT2D eigenvalue weighted by molar-refractivity contribution is -0.130. The van der Waals surface area contributed by atoms with Gasteiger partial charge in [-0.15, -0.1) is 12.8 Å². The number of rotatable bonds is 6. The number of nitrogens with one attached hydrogen (secondary N) is 4. The summed E-state index contributed by atoms with van der Waals surface area (Å²) in [6, 6.07) is 11.1. The van der Waals surface area contributed by atoms with Crippen LogP contribution in [0.25, 0.3) is 22.1 Å². The quantitative estimate of drug-likeness (QED) is 0.117. The third kappa shape index (κ3) is 12.4. The molecule has 0 spiro atoms. The van der Waals surface area contributed by atoms with Crippen molar-refractivity contribution in [3.8, 4) is 24.7 Å². The fraction of sp³-hybridized carbons (Fsp3) is 0.524. The van der Waals surface area contributed by atoms with Gasteiger partial charge >= 0.3 is 0 Å². The highest BCUT2D eigenvalue weighted by molar-refractivity contribution is 5.81. The van der Waals surface area contributed by atoms with Crippen LogP contribution in [-0.2, 0) is 22.7 Å². The van der Waals surface area contributed by atoms with E-state index < -0.39 is 23.7 Å². The number of hydrogen-bond donors (Lipinski definition) is 4. The lowest BCUT2D eigenvalue weighted by atomic mass is 9.86. The number of aromatic amines is 2. The van der Waals surface area contributed by atoms with Gasteiger partial charge in [-0.25, -0.2) is 27.5 Å². The van der Waals surface area contributed by atoms with Gasteiger partial charge in [-0.1, -0.05) is 51.4 Å². The number of carbonyl (C=O) groups is 2. The van der Waals surface area contributed by atoms with E-state index in [1.165, 1.54) is 25.7 Å². The second kappa shape index (κ2) is 18.0. The molecule has 288 valence electrons. The minimum Gasteiger partial charge on any atom is -0.349 e. The van der Waals surface area contributed by atoms with Crippen molar-refractivity contribution < 1.29 is 27.2 Å². The zero-order chi connectivity index (χ0) is 38.9. The van der Waals surface area contributed by atoms with Crippen molar-refractivity contribution in [2.24, 2.45) is 23.7 Å². The first-order chi connectivity index (χ1) is 25.8. The summed E-state index contributed by atoms with van der Waals surface area (Å²) in [4.78, 5) is 40.2. The number of terminal acetylenes is 1. The molecule has 4 aliphatic rings. The highest BCUT2D eigenvalue weighted by Crippen LogP contribution is 2.37. The predicted molar refractivity (Wildman–Crippen MR) is 202 cm³/mol. The fourth-order valence-corrected chi connectivity index (χ4v) is 6.16. The number of amides is 2. The van der Waals surface area contributed by atoms with E-state index in [1.54, 1.807) is 0 Å². The van der Waals surface area contributed by atoms with Crippen LogP contribution in [0.2, 0.25) is 0 Å². The maximum atomic E-state index is 13.4. The monoisotopic (exact) mass is 746 g/mol. The molecule has 2 aromatic heterocycles. The van der Waals surface area contributed by atoms with Crippen molar-refractivity contribution in [3.63, 3.8) is 0 Å². The number of alkyl halides is 4. The van der Waals surface area contributed by atoms with Crippen LogP contribution in [0.1, 0.15) is 114 Å². The third-order valence-corrected chi connectivity index (χ3v) is 10.2. The summed E-state index contributed by atoms with van der Waals surface area (Å²) in [5, 5.41) is 5.61. The summed E-state index contributed by atoms with van der Waals surface area (Å²) in [6.45, 7) is 4.91. The van der Waals surface area contributed by atoms with Crippen molar-refractivity contribution in [2.45, 2.75) is 116 Å². The number of H-pyrrole nitrogens is 2. The molecule has 2 amide bonds. The van der Waals surface area contributed by atoms with Crippen molar-refractivity contribution in [3.05, 3.63) is 59.2 Å². The Bertz CT molecular complexity index is 1830. The molecule has 8 rings (SSSR count). The van der Waals surface area contributed by atoms with Crippen LogP contribution >= 0.6 is 0 Å². The second-order valence-corrected chi connectivity index (χ2v) is 15.1. The van der Waals surface area contributed by atoms with E-state index in [-0.39, 0.29) is 76.3 Å². The maximum Gasteiger partial charge on any atom is 0.248 e. The van der Waals surface area contributed by atoms with Crippen LogP contribution in [0.15, 0.2) is 36.4 Å². The highest BCUT2D eigenvalue weighted by Gasteiger charge is 2.38. The van der Waals surface area contributed by atoms with Gasteiger partial charge in [0, 0.05) is 48.6 Å². The molecule has 4 N–H and O–H groups in total. The summed E-state index contributed by atoms with van der Waals surface area (Å²) >= 11 is 0. The molecule has 0 atom stereocenters. The molecule has 4 fully saturated rings. The first kappa shape index (κ1) is 40.3. The maximum absolute atomic E-state index is 13.4. The van der Waals surface area contributed by atoms with E-state index in [0.717, 1.165) is 45.0 Å². The number of benzene rings is 2. The molecule has 54 heavy (non-hydrogen) atoms. The molecule has 2 aromatic carbocycles. The van der Waals surface area contributed by atoms with Gasteiger partial charge in [0.05, 0.1) is 35.2 Å². The average Bonchev–Trinajstić information content (AvgIpc) is 4.04. The lowest BCUT2D eigenvalue weighted by Crippen LogP contribution is -2.35. The molecule has 2 heterocycles. The molecule has 0 bridgehead atoms. The van der Waals surface area contributed by atoms with Crippen LogP contribution in [0, 0.1) is 48.4 Å². The second-order valence-electron chi connectivity index (χ2n) is 15.1. The van der Waals surface area contributed by atoms with E-state index in [4.69, 9.17) is 0 Å².